The van der Waals surface area contributed by atoms with Gasteiger partial charge in [0, 0.05) is 18.4 Å². The van der Waals surface area contributed by atoms with E-state index in [1.54, 1.807) is 18.3 Å². The van der Waals surface area contributed by atoms with Crippen LogP contribution in [0.5, 0.6) is 0 Å². The molecule has 0 radical (unpaired) electrons. The molecule has 4 heteroatoms. The largest absolute Gasteiger partial charge is 0.388 e. The van der Waals surface area contributed by atoms with E-state index in [2.05, 4.69) is 28.5 Å². The monoisotopic (exact) mass is 366 g/mol. The highest BCUT2D eigenvalue weighted by Gasteiger charge is 2.10. The SMILES string of the molecule is OC(CCNc1ccnc(C2=CCCC=C2)c1)C1=C/CCC/C=C(F)/C=C\1. The van der Waals surface area contributed by atoms with Gasteiger partial charge in [-0.2, -0.15) is 0 Å². The number of aliphatic hydroxyl groups is 1. The Morgan fingerprint density at radius 2 is 1.96 bits per heavy atom. The van der Waals surface area contributed by atoms with Gasteiger partial charge in [-0.1, -0.05) is 30.4 Å². The Morgan fingerprint density at radius 3 is 2.81 bits per heavy atom. The third-order valence-electron chi connectivity index (χ3n) is 4.74. The second-order valence-corrected chi connectivity index (χ2v) is 6.86. The van der Waals surface area contributed by atoms with Gasteiger partial charge >= 0.3 is 0 Å². The molecule has 0 saturated carbocycles. The van der Waals surface area contributed by atoms with Gasteiger partial charge in [-0.05, 0) is 74.0 Å². The van der Waals surface area contributed by atoms with Gasteiger partial charge in [-0.25, -0.2) is 4.39 Å². The molecule has 0 aliphatic heterocycles. The number of allylic oxidation sites excluding steroid dienone is 8. The summed E-state index contributed by atoms with van der Waals surface area (Å²) in [5.41, 5.74) is 3.89. The van der Waals surface area contributed by atoms with Crippen molar-refractivity contribution in [3.63, 3.8) is 0 Å². The Bertz CT molecular complexity index is 789. The van der Waals surface area contributed by atoms with Crippen LogP contribution in [0.15, 0.2) is 72.3 Å². The average Bonchev–Trinajstić information content (AvgIpc) is 2.81. The standard InChI is InChI=1S/C23H27FN2O/c24-20-10-6-2-5-9-19(11-12-20)23(27)14-16-25-21-13-15-26-22(17-21)18-7-3-1-4-8-18/h3,7-13,15,17,23,27H,1-2,4-6,14,16H2,(H,25,26)/b12-11-,19-9+,20-10-. The number of nitrogens with zero attached hydrogens (tertiary/aromatic N) is 1. The molecule has 3 rings (SSSR count). The molecule has 27 heavy (non-hydrogen) atoms. The first-order chi connectivity index (χ1) is 13.2. The van der Waals surface area contributed by atoms with Crippen LogP contribution in [0.25, 0.3) is 5.57 Å². The van der Waals surface area contributed by atoms with Crippen LogP contribution in [-0.2, 0) is 0 Å². The fraction of sp³-hybridized carbons (Fsp3) is 0.348. The smallest absolute Gasteiger partial charge is 0.119 e. The fourth-order valence-corrected chi connectivity index (χ4v) is 3.21. The molecule has 0 amide bonds. The van der Waals surface area contributed by atoms with E-state index < -0.39 is 6.10 Å². The lowest BCUT2D eigenvalue weighted by molar-refractivity contribution is 0.208. The molecule has 2 aliphatic carbocycles. The number of rotatable bonds is 6. The first kappa shape index (κ1) is 19.3. The molecule has 0 aromatic carbocycles. The number of pyridine rings is 1. The third-order valence-corrected chi connectivity index (χ3v) is 4.74. The van der Waals surface area contributed by atoms with Gasteiger partial charge in [0.2, 0.25) is 0 Å². The lowest BCUT2D eigenvalue weighted by Crippen LogP contribution is -2.15. The zero-order valence-electron chi connectivity index (χ0n) is 15.6. The number of halogens is 1. The molecule has 0 bridgehead atoms. The van der Waals surface area contributed by atoms with Gasteiger partial charge in [0.05, 0.1) is 11.8 Å². The Labute approximate surface area is 160 Å². The second kappa shape index (κ2) is 10.0. The molecule has 1 unspecified atom stereocenters. The van der Waals surface area contributed by atoms with Crippen LogP contribution in [-0.4, -0.2) is 22.7 Å². The van der Waals surface area contributed by atoms with Crippen molar-refractivity contribution in [3.8, 4) is 0 Å². The normalized spacial score (nSPS) is 23.6. The summed E-state index contributed by atoms with van der Waals surface area (Å²) < 4.78 is 13.5. The second-order valence-electron chi connectivity index (χ2n) is 6.86. The summed E-state index contributed by atoms with van der Waals surface area (Å²) in [5.74, 6) is -0.233. The minimum atomic E-state index is -0.607. The molecular weight excluding hydrogens is 339 g/mol. The highest BCUT2D eigenvalue weighted by Crippen LogP contribution is 2.22. The number of aromatic nitrogens is 1. The summed E-state index contributed by atoms with van der Waals surface area (Å²) in [7, 11) is 0. The molecule has 142 valence electrons. The van der Waals surface area contributed by atoms with E-state index in [9.17, 15) is 9.50 Å². The van der Waals surface area contributed by atoms with Crippen molar-refractivity contribution in [2.75, 3.05) is 11.9 Å². The predicted molar refractivity (Wildman–Crippen MR) is 110 cm³/mol. The molecule has 0 fully saturated rings. The summed E-state index contributed by atoms with van der Waals surface area (Å²) in [6.45, 7) is 0.628. The topological polar surface area (TPSA) is 45.1 Å². The molecule has 0 saturated heterocycles. The highest BCUT2D eigenvalue weighted by atomic mass is 19.1. The number of nitrogens with one attached hydrogen (secondary N) is 1. The van der Waals surface area contributed by atoms with E-state index in [1.165, 1.54) is 6.08 Å². The summed E-state index contributed by atoms with van der Waals surface area (Å²) in [6, 6.07) is 3.97. The predicted octanol–water partition coefficient (Wildman–Crippen LogP) is 5.50. The fourth-order valence-electron chi connectivity index (χ4n) is 3.21. The molecule has 2 aliphatic rings. The first-order valence-corrected chi connectivity index (χ1v) is 9.71. The molecular formula is C23H27FN2O. The van der Waals surface area contributed by atoms with Gasteiger partial charge < -0.3 is 10.4 Å². The summed E-state index contributed by atoms with van der Waals surface area (Å²) in [4.78, 5) is 4.45. The summed E-state index contributed by atoms with van der Waals surface area (Å²) >= 11 is 0. The third kappa shape index (κ3) is 6.04. The van der Waals surface area contributed by atoms with Crippen molar-refractivity contribution in [2.45, 2.75) is 44.6 Å². The van der Waals surface area contributed by atoms with Gasteiger partial charge in [-0.3, -0.25) is 4.98 Å². The highest BCUT2D eigenvalue weighted by molar-refractivity contribution is 5.74. The van der Waals surface area contributed by atoms with E-state index in [0.29, 0.717) is 13.0 Å². The van der Waals surface area contributed by atoms with Crippen molar-refractivity contribution < 1.29 is 9.50 Å². The van der Waals surface area contributed by atoms with Crippen LogP contribution < -0.4 is 5.32 Å². The van der Waals surface area contributed by atoms with E-state index >= 15 is 0 Å². The van der Waals surface area contributed by atoms with E-state index in [-0.39, 0.29) is 5.83 Å². The van der Waals surface area contributed by atoms with E-state index in [4.69, 9.17) is 0 Å². The molecule has 3 nitrogen and oxygen atoms in total. The molecule has 0 spiro atoms. The van der Waals surface area contributed by atoms with Crippen molar-refractivity contribution in [1.82, 2.24) is 4.98 Å². The minimum absolute atomic E-state index is 0.233. The molecule has 1 atom stereocenters. The van der Waals surface area contributed by atoms with Crippen LogP contribution in [0.1, 0.15) is 44.2 Å². The maximum atomic E-state index is 13.5. The van der Waals surface area contributed by atoms with Crippen LogP contribution >= 0.6 is 0 Å². The van der Waals surface area contributed by atoms with Crippen LogP contribution in [0.4, 0.5) is 10.1 Å². The van der Waals surface area contributed by atoms with Crippen molar-refractivity contribution >= 4 is 11.3 Å². The zero-order chi connectivity index (χ0) is 18.9. The summed E-state index contributed by atoms with van der Waals surface area (Å²) in [6.07, 6.45) is 19.6. The number of hydrogen-bond acceptors (Lipinski definition) is 3. The quantitative estimate of drug-likeness (QED) is 0.699. The van der Waals surface area contributed by atoms with Crippen molar-refractivity contribution in [3.05, 3.63) is 78.0 Å². The summed E-state index contributed by atoms with van der Waals surface area (Å²) in [5, 5.41) is 13.8. The molecule has 1 heterocycles. The van der Waals surface area contributed by atoms with Crippen LogP contribution in [0.3, 0.4) is 0 Å². The number of hydrogen-bond donors (Lipinski definition) is 2. The van der Waals surface area contributed by atoms with Crippen molar-refractivity contribution in [2.24, 2.45) is 0 Å². The molecule has 2 N–H and O–H groups in total. The minimum Gasteiger partial charge on any atom is -0.388 e. The van der Waals surface area contributed by atoms with Crippen molar-refractivity contribution in [1.29, 1.82) is 0 Å². The zero-order valence-corrected chi connectivity index (χ0v) is 15.6. The first-order valence-electron chi connectivity index (χ1n) is 9.71. The van der Waals surface area contributed by atoms with E-state index in [1.807, 2.05) is 18.2 Å². The Balaban J connectivity index is 1.55. The lowest BCUT2D eigenvalue weighted by atomic mass is 10.0. The molecule has 1 aromatic heterocycles. The maximum absolute atomic E-state index is 13.5. The maximum Gasteiger partial charge on any atom is 0.119 e. The van der Waals surface area contributed by atoms with Gasteiger partial charge in [-0.15, -0.1) is 0 Å². The number of anilines is 1. The average molecular weight is 366 g/mol. The van der Waals surface area contributed by atoms with Crippen LogP contribution in [0.2, 0.25) is 0 Å². The lowest BCUT2D eigenvalue weighted by Gasteiger charge is -2.14. The van der Waals surface area contributed by atoms with Crippen LogP contribution in [0, 0.1) is 0 Å². The van der Waals surface area contributed by atoms with Gasteiger partial charge in [0.1, 0.15) is 5.83 Å². The van der Waals surface area contributed by atoms with Gasteiger partial charge in [0.25, 0.3) is 0 Å². The Hall–Kier alpha value is -2.46. The Kier molecular flexibility index (Phi) is 7.17. The Morgan fingerprint density at radius 1 is 1.07 bits per heavy atom. The number of aliphatic hydroxyl groups excluding tert-OH is 1. The molecule has 1 aromatic rings. The van der Waals surface area contributed by atoms with Gasteiger partial charge in [0.15, 0.2) is 0 Å². The van der Waals surface area contributed by atoms with E-state index in [0.717, 1.165) is 54.6 Å².